The average Bonchev–Trinajstić information content (AvgIpc) is 3.54. The molecule has 4 heterocycles. The quantitative estimate of drug-likeness (QED) is 0.268. The molecule has 10 heteroatoms. The van der Waals surface area contributed by atoms with Crippen LogP contribution in [-0.2, 0) is 17.9 Å². The summed E-state index contributed by atoms with van der Waals surface area (Å²) in [5.41, 5.74) is 4.22. The van der Waals surface area contributed by atoms with Crippen LogP contribution in [-0.4, -0.2) is 32.5 Å². The van der Waals surface area contributed by atoms with Gasteiger partial charge in [-0.2, -0.15) is 0 Å². The van der Waals surface area contributed by atoms with E-state index in [1.165, 1.54) is 17.9 Å². The summed E-state index contributed by atoms with van der Waals surface area (Å²) in [4.78, 5) is 37.7. The standard InChI is InChI=1S/C29H26N6O4/c1-17(18-7-8-26-22(12-18)21-5-3-4-6-25(21)39-26)33-24-15-32-29(38-2)35(28(24)37)16-27(36)31-14-20-11-19-13-30-10-9-23(19)34-20/h3-13,15,17,33-34H,14,16H2,1-2H3,(H,31,36)/t17-/m1/s1. The zero-order chi connectivity index (χ0) is 26.9. The van der Waals surface area contributed by atoms with Crippen LogP contribution in [0.2, 0.25) is 0 Å². The fraction of sp³-hybridized carbons (Fsp3) is 0.172. The highest BCUT2D eigenvalue weighted by Gasteiger charge is 2.17. The van der Waals surface area contributed by atoms with Crippen LogP contribution in [0.4, 0.5) is 5.69 Å². The van der Waals surface area contributed by atoms with E-state index in [4.69, 9.17) is 9.15 Å². The van der Waals surface area contributed by atoms with Gasteiger partial charge in [-0.05, 0) is 42.8 Å². The van der Waals surface area contributed by atoms with Crippen LogP contribution in [0.25, 0.3) is 32.8 Å². The summed E-state index contributed by atoms with van der Waals surface area (Å²) in [6.45, 7) is 1.99. The fourth-order valence-corrected chi connectivity index (χ4v) is 4.73. The Balaban J connectivity index is 1.20. The lowest BCUT2D eigenvalue weighted by atomic mass is 10.0. The molecule has 0 saturated heterocycles. The zero-order valence-corrected chi connectivity index (χ0v) is 21.4. The first-order valence-electron chi connectivity index (χ1n) is 12.5. The molecule has 6 aromatic rings. The van der Waals surface area contributed by atoms with Crippen LogP contribution >= 0.6 is 0 Å². The molecule has 39 heavy (non-hydrogen) atoms. The predicted octanol–water partition coefficient (Wildman–Crippen LogP) is 4.52. The predicted molar refractivity (Wildman–Crippen MR) is 149 cm³/mol. The van der Waals surface area contributed by atoms with Gasteiger partial charge >= 0.3 is 0 Å². The van der Waals surface area contributed by atoms with Gasteiger partial charge in [0.1, 0.15) is 23.4 Å². The Hall–Kier alpha value is -5.12. The minimum absolute atomic E-state index is 0.0522. The lowest BCUT2D eigenvalue weighted by molar-refractivity contribution is -0.122. The topological polar surface area (TPSA) is 127 Å². The second-order valence-corrected chi connectivity index (χ2v) is 9.30. The highest BCUT2D eigenvalue weighted by molar-refractivity contribution is 6.05. The third-order valence-electron chi connectivity index (χ3n) is 6.72. The Bertz CT molecular complexity index is 1850. The molecule has 0 saturated carbocycles. The molecule has 0 aliphatic heterocycles. The first-order valence-corrected chi connectivity index (χ1v) is 12.5. The van der Waals surface area contributed by atoms with Crippen LogP contribution in [0.15, 0.2) is 82.4 Å². The van der Waals surface area contributed by atoms with Crippen molar-refractivity contribution in [1.29, 1.82) is 0 Å². The van der Waals surface area contributed by atoms with Gasteiger partial charge in [0.25, 0.3) is 11.6 Å². The van der Waals surface area contributed by atoms with Crippen molar-refractivity contribution >= 4 is 44.4 Å². The van der Waals surface area contributed by atoms with Crippen LogP contribution in [0.5, 0.6) is 6.01 Å². The Labute approximate surface area is 222 Å². The summed E-state index contributed by atoms with van der Waals surface area (Å²) in [5.74, 6) is -0.350. The number of anilines is 1. The molecule has 0 aliphatic carbocycles. The smallest absolute Gasteiger partial charge is 0.299 e. The Kier molecular flexibility index (Phi) is 6.20. The second kappa shape index (κ2) is 9.97. The average molecular weight is 523 g/mol. The maximum absolute atomic E-state index is 13.4. The number of nitrogens with one attached hydrogen (secondary N) is 3. The van der Waals surface area contributed by atoms with Gasteiger partial charge in [-0.3, -0.25) is 19.1 Å². The summed E-state index contributed by atoms with van der Waals surface area (Å²) in [6.07, 6.45) is 4.88. The first kappa shape index (κ1) is 24.2. The van der Waals surface area contributed by atoms with E-state index < -0.39 is 5.56 Å². The minimum atomic E-state index is -0.407. The van der Waals surface area contributed by atoms with Gasteiger partial charge in [0.05, 0.1) is 19.9 Å². The normalized spacial score (nSPS) is 12.2. The number of ether oxygens (including phenoxy) is 1. The number of hydrogen-bond acceptors (Lipinski definition) is 7. The van der Waals surface area contributed by atoms with Crippen molar-refractivity contribution in [3.8, 4) is 6.01 Å². The van der Waals surface area contributed by atoms with Gasteiger partial charge in [0, 0.05) is 45.8 Å². The number of amides is 1. The Morgan fingerprint density at radius 1 is 1.10 bits per heavy atom. The van der Waals surface area contributed by atoms with Crippen LogP contribution in [0, 0.1) is 0 Å². The molecule has 0 radical (unpaired) electrons. The van der Waals surface area contributed by atoms with Crippen molar-refractivity contribution < 1.29 is 13.9 Å². The number of furan rings is 1. The van der Waals surface area contributed by atoms with Gasteiger partial charge in [-0.25, -0.2) is 4.98 Å². The molecule has 10 nitrogen and oxygen atoms in total. The van der Waals surface area contributed by atoms with Crippen LogP contribution < -0.4 is 20.9 Å². The van der Waals surface area contributed by atoms with Gasteiger partial charge in [-0.1, -0.05) is 24.3 Å². The molecule has 0 aliphatic rings. The number of pyridine rings is 1. The summed E-state index contributed by atoms with van der Waals surface area (Å²) in [5, 5.41) is 9.08. The molecule has 0 bridgehead atoms. The van der Waals surface area contributed by atoms with Crippen molar-refractivity contribution in [2.24, 2.45) is 0 Å². The summed E-state index contributed by atoms with van der Waals surface area (Å²) < 4.78 is 12.4. The van der Waals surface area contributed by atoms with E-state index in [1.54, 1.807) is 12.4 Å². The number of fused-ring (bicyclic) bond motifs is 4. The van der Waals surface area contributed by atoms with Crippen molar-refractivity contribution in [3.05, 3.63) is 94.8 Å². The van der Waals surface area contributed by atoms with E-state index in [9.17, 15) is 9.59 Å². The van der Waals surface area contributed by atoms with Gasteiger partial charge < -0.3 is 24.8 Å². The number of benzene rings is 2. The summed E-state index contributed by atoms with van der Waals surface area (Å²) in [7, 11) is 1.41. The van der Waals surface area contributed by atoms with E-state index in [2.05, 4.69) is 31.7 Å². The zero-order valence-electron chi connectivity index (χ0n) is 21.4. The van der Waals surface area contributed by atoms with Gasteiger partial charge in [-0.15, -0.1) is 0 Å². The summed E-state index contributed by atoms with van der Waals surface area (Å²) >= 11 is 0. The van der Waals surface area contributed by atoms with Crippen molar-refractivity contribution in [3.63, 3.8) is 0 Å². The highest BCUT2D eigenvalue weighted by Crippen LogP contribution is 2.31. The Morgan fingerprint density at radius 3 is 2.79 bits per heavy atom. The number of nitrogens with zero attached hydrogens (tertiary/aromatic N) is 3. The molecule has 0 spiro atoms. The van der Waals surface area contributed by atoms with E-state index in [0.717, 1.165) is 44.1 Å². The third-order valence-corrected chi connectivity index (χ3v) is 6.72. The third kappa shape index (κ3) is 4.68. The van der Waals surface area contributed by atoms with Crippen LogP contribution in [0.1, 0.15) is 24.2 Å². The maximum Gasteiger partial charge on any atom is 0.299 e. The number of hydrogen-bond donors (Lipinski definition) is 3. The van der Waals surface area contributed by atoms with Gasteiger partial charge in [0.15, 0.2) is 0 Å². The van der Waals surface area contributed by atoms with Crippen LogP contribution in [0.3, 0.4) is 0 Å². The number of methoxy groups -OCH3 is 1. The molecule has 4 aromatic heterocycles. The minimum Gasteiger partial charge on any atom is -0.468 e. The monoisotopic (exact) mass is 522 g/mol. The number of para-hydroxylation sites is 1. The molecule has 6 rings (SSSR count). The number of aromatic amines is 1. The molecular weight excluding hydrogens is 496 g/mol. The molecule has 2 aromatic carbocycles. The van der Waals surface area contributed by atoms with E-state index in [0.29, 0.717) is 0 Å². The molecule has 1 amide bonds. The van der Waals surface area contributed by atoms with Crippen molar-refractivity contribution in [1.82, 2.24) is 24.8 Å². The molecule has 1 atom stereocenters. The Morgan fingerprint density at radius 2 is 1.95 bits per heavy atom. The highest BCUT2D eigenvalue weighted by atomic mass is 16.5. The number of carbonyl (C=O) groups is 1. The largest absolute Gasteiger partial charge is 0.468 e. The summed E-state index contributed by atoms with van der Waals surface area (Å²) in [6, 6.07) is 17.5. The maximum atomic E-state index is 13.4. The number of aromatic nitrogens is 4. The lowest BCUT2D eigenvalue weighted by Gasteiger charge is -2.17. The van der Waals surface area contributed by atoms with Gasteiger partial charge in [0.2, 0.25) is 5.91 Å². The second-order valence-electron chi connectivity index (χ2n) is 9.30. The van der Waals surface area contributed by atoms with E-state index in [1.807, 2.05) is 55.5 Å². The van der Waals surface area contributed by atoms with Crippen molar-refractivity contribution in [2.45, 2.75) is 26.1 Å². The molecule has 0 fully saturated rings. The fourth-order valence-electron chi connectivity index (χ4n) is 4.73. The number of H-pyrrole nitrogens is 1. The SMILES string of the molecule is COc1ncc(N[C@H](C)c2ccc3oc4ccccc4c3c2)c(=O)n1CC(=O)NCc1cc2cnccc2[nH]1. The number of rotatable bonds is 8. The first-order chi connectivity index (χ1) is 19.0. The lowest BCUT2D eigenvalue weighted by Crippen LogP contribution is -2.34. The molecule has 3 N–H and O–H groups in total. The van der Waals surface area contributed by atoms with E-state index in [-0.39, 0.29) is 36.7 Å². The molecule has 0 unspecified atom stereocenters. The molecular formula is C29H26N6O4. The van der Waals surface area contributed by atoms with E-state index >= 15 is 0 Å². The van der Waals surface area contributed by atoms with Crippen molar-refractivity contribution in [2.75, 3.05) is 12.4 Å². The number of carbonyl (C=O) groups excluding carboxylic acids is 1. The molecule has 196 valence electrons.